The van der Waals surface area contributed by atoms with Crippen LogP contribution in [-0.2, 0) is 10.0 Å². The average Bonchev–Trinajstić information content (AvgIpc) is 2.40. The van der Waals surface area contributed by atoms with Crippen molar-refractivity contribution in [2.75, 3.05) is 26.2 Å². The van der Waals surface area contributed by atoms with Crippen LogP contribution in [0.4, 0.5) is 0 Å². The third-order valence-corrected chi connectivity index (χ3v) is 4.03. The number of benzene rings is 1. The lowest BCUT2D eigenvalue weighted by Crippen LogP contribution is -2.35. The molecule has 0 amide bonds. The highest BCUT2D eigenvalue weighted by Crippen LogP contribution is 2.06. The summed E-state index contributed by atoms with van der Waals surface area (Å²) in [6.07, 6.45) is 3.57. The molecule has 104 valence electrons. The molecule has 5 heteroatoms. The van der Waals surface area contributed by atoms with Gasteiger partial charge in [-0.15, -0.1) is 13.2 Å². The molecule has 0 saturated heterocycles. The maximum Gasteiger partial charge on any atom is 0.240 e. The molecule has 4 nitrogen and oxygen atoms in total. The molecule has 1 N–H and O–H groups in total. The topological polar surface area (TPSA) is 49.4 Å². The van der Waals surface area contributed by atoms with E-state index < -0.39 is 10.0 Å². The Morgan fingerprint density at radius 2 is 1.68 bits per heavy atom. The zero-order valence-electron chi connectivity index (χ0n) is 11.0. The summed E-state index contributed by atoms with van der Waals surface area (Å²) in [6, 6.07) is 8.35. The fourth-order valence-electron chi connectivity index (χ4n) is 1.64. The van der Waals surface area contributed by atoms with Crippen molar-refractivity contribution in [1.82, 2.24) is 9.62 Å². The first-order chi connectivity index (χ1) is 9.10. The first-order valence-corrected chi connectivity index (χ1v) is 7.57. The third kappa shape index (κ3) is 5.38. The van der Waals surface area contributed by atoms with E-state index in [2.05, 4.69) is 17.9 Å². The van der Waals surface area contributed by atoms with Crippen LogP contribution in [0.1, 0.15) is 0 Å². The molecule has 0 aliphatic carbocycles. The second-order valence-electron chi connectivity index (χ2n) is 4.05. The number of nitrogens with zero attached hydrogens (tertiary/aromatic N) is 1. The molecule has 0 aliphatic rings. The number of hydrogen-bond acceptors (Lipinski definition) is 3. The Bertz CT molecular complexity index is 487. The summed E-state index contributed by atoms with van der Waals surface area (Å²) >= 11 is 0. The van der Waals surface area contributed by atoms with E-state index in [0.717, 1.165) is 0 Å². The fraction of sp³-hybridized carbons (Fsp3) is 0.286. The summed E-state index contributed by atoms with van der Waals surface area (Å²) in [5.74, 6) is 0. The van der Waals surface area contributed by atoms with Crippen LogP contribution in [0.15, 0.2) is 60.5 Å². The molecular formula is C14H20N2O2S. The zero-order chi connectivity index (χ0) is 14.1. The Hall–Kier alpha value is -1.43. The van der Waals surface area contributed by atoms with E-state index in [-0.39, 0.29) is 4.90 Å². The molecule has 0 atom stereocenters. The highest BCUT2D eigenvalue weighted by Gasteiger charge is 2.12. The van der Waals surface area contributed by atoms with Crippen LogP contribution in [0.25, 0.3) is 0 Å². The van der Waals surface area contributed by atoms with E-state index in [1.807, 2.05) is 4.90 Å². The average molecular weight is 280 g/mol. The maximum absolute atomic E-state index is 12.0. The molecule has 1 rings (SSSR count). The van der Waals surface area contributed by atoms with E-state index in [0.29, 0.717) is 26.2 Å². The normalized spacial score (nSPS) is 11.4. The largest absolute Gasteiger partial charge is 0.295 e. The molecule has 0 bridgehead atoms. The quantitative estimate of drug-likeness (QED) is 0.700. The van der Waals surface area contributed by atoms with Crippen molar-refractivity contribution in [2.45, 2.75) is 4.90 Å². The minimum atomic E-state index is -3.41. The fourth-order valence-corrected chi connectivity index (χ4v) is 2.69. The standard InChI is InChI=1S/C14H20N2O2S/c1-3-11-16(12-4-2)13-10-15-19(17,18)14-8-6-5-7-9-14/h3-9,15H,1-2,10-13H2. The van der Waals surface area contributed by atoms with Crippen molar-refractivity contribution < 1.29 is 8.42 Å². The lowest BCUT2D eigenvalue weighted by molar-refractivity contribution is 0.340. The number of rotatable bonds is 9. The van der Waals surface area contributed by atoms with Crippen molar-refractivity contribution in [1.29, 1.82) is 0 Å². The number of hydrogen-bond donors (Lipinski definition) is 1. The summed E-state index contributed by atoms with van der Waals surface area (Å²) in [5, 5.41) is 0. The second-order valence-corrected chi connectivity index (χ2v) is 5.81. The van der Waals surface area contributed by atoms with Gasteiger partial charge in [0.25, 0.3) is 0 Å². The van der Waals surface area contributed by atoms with Crippen LogP contribution in [0.3, 0.4) is 0 Å². The second kappa shape index (κ2) is 7.89. The minimum absolute atomic E-state index is 0.286. The Kier molecular flexibility index (Phi) is 6.49. The smallest absolute Gasteiger partial charge is 0.240 e. The molecule has 0 spiro atoms. The van der Waals surface area contributed by atoms with Crippen molar-refractivity contribution >= 4 is 10.0 Å². The molecule has 1 aromatic rings. The van der Waals surface area contributed by atoms with Crippen LogP contribution < -0.4 is 4.72 Å². The Morgan fingerprint density at radius 1 is 1.11 bits per heavy atom. The molecule has 0 aliphatic heterocycles. The van der Waals surface area contributed by atoms with Crippen LogP contribution in [0.5, 0.6) is 0 Å². The van der Waals surface area contributed by atoms with Gasteiger partial charge < -0.3 is 0 Å². The first-order valence-electron chi connectivity index (χ1n) is 6.09. The molecular weight excluding hydrogens is 260 g/mol. The highest BCUT2D eigenvalue weighted by molar-refractivity contribution is 7.89. The maximum atomic E-state index is 12.0. The van der Waals surface area contributed by atoms with Gasteiger partial charge in [0.05, 0.1) is 4.90 Å². The Morgan fingerprint density at radius 3 is 2.21 bits per heavy atom. The van der Waals surface area contributed by atoms with E-state index in [4.69, 9.17) is 0 Å². The SMILES string of the molecule is C=CCN(CC=C)CCNS(=O)(=O)c1ccccc1. The van der Waals surface area contributed by atoms with Gasteiger partial charge in [-0.05, 0) is 12.1 Å². The minimum Gasteiger partial charge on any atom is -0.295 e. The predicted molar refractivity (Wildman–Crippen MR) is 78.5 cm³/mol. The van der Waals surface area contributed by atoms with Gasteiger partial charge in [0.2, 0.25) is 10.0 Å². The number of nitrogens with one attached hydrogen (secondary N) is 1. The van der Waals surface area contributed by atoms with Crippen molar-refractivity contribution in [3.8, 4) is 0 Å². The summed E-state index contributed by atoms with van der Waals surface area (Å²) in [5.41, 5.74) is 0. The van der Waals surface area contributed by atoms with Gasteiger partial charge >= 0.3 is 0 Å². The summed E-state index contributed by atoms with van der Waals surface area (Å²) in [4.78, 5) is 2.34. The highest BCUT2D eigenvalue weighted by atomic mass is 32.2. The molecule has 0 unspecified atom stereocenters. The van der Waals surface area contributed by atoms with Crippen molar-refractivity contribution in [3.63, 3.8) is 0 Å². The molecule has 0 aromatic heterocycles. The van der Waals surface area contributed by atoms with Crippen LogP contribution in [-0.4, -0.2) is 39.5 Å². The lowest BCUT2D eigenvalue weighted by atomic mass is 10.4. The molecule has 0 heterocycles. The van der Waals surface area contributed by atoms with Crippen LogP contribution in [0.2, 0.25) is 0 Å². The Balaban J connectivity index is 2.52. The van der Waals surface area contributed by atoms with Crippen LogP contribution in [0, 0.1) is 0 Å². The van der Waals surface area contributed by atoms with E-state index >= 15 is 0 Å². The van der Waals surface area contributed by atoms with Gasteiger partial charge in [-0.1, -0.05) is 30.4 Å². The van der Waals surface area contributed by atoms with Crippen LogP contribution >= 0.6 is 0 Å². The molecule has 0 saturated carbocycles. The molecule has 1 aromatic carbocycles. The monoisotopic (exact) mass is 280 g/mol. The molecule has 0 fully saturated rings. The van der Waals surface area contributed by atoms with Gasteiger partial charge in [-0.2, -0.15) is 0 Å². The third-order valence-electron chi connectivity index (χ3n) is 2.55. The number of sulfonamides is 1. The predicted octanol–water partition coefficient (Wildman–Crippen LogP) is 1.64. The molecule has 0 radical (unpaired) electrons. The van der Waals surface area contributed by atoms with Gasteiger partial charge in [0, 0.05) is 26.2 Å². The van der Waals surface area contributed by atoms with Gasteiger partial charge in [-0.3, -0.25) is 4.90 Å². The van der Waals surface area contributed by atoms with Gasteiger partial charge in [0.1, 0.15) is 0 Å². The summed E-state index contributed by atoms with van der Waals surface area (Å²) in [6.45, 7) is 9.74. The van der Waals surface area contributed by atoms with Gasteiger partial charge in [-0.25, -0.2) is 13.1 Å². The lowest BCUT2D eigenvalue weighted by Gasteiger charge is -2.18. The summed E-state index contributed by atoms with van der Waals surface area (Å²) in [7, 11) is -3.41. The molecule has 19 heavy (non-hydrogen) atoms. The Labute approximate surface area is 115 Å². The zero-order valence-corrected chi connectivity index (χ0v) is 11.8. The van der Waals surface area contributed by atoms with Crippen molar-refractivity contribution in [2.24, 2.45) is 0 Å². The van der Waals surface area contributed by atoms with E-state index in [1.54, 1.807) is 42.5 Å². The van der Waals surface area contributed by atoms with Gasteiger partial charge in [0.15, 0.2) is 0 Å². The van der Waals surface area contributed by atoms with E-state index in [1.165, 1.54) is 0 Å². The van der Waals surface area contributed by atoms with E-state index in [9.17, 15) is 8.42 Å². The van der Waals surface area contributed by atoms with Crippen molar-refractivity contribution in [3.05, 3.63) is 55.6 Å². The first kappa shape index (κ1) is 15.6. The summed E-state index contributed by atoms with van der Waals surface area (Å²) < 4.78 is 26.5.